The Labute approximate surface area is 197 Å². The summed E-state index contributed by atoms with van der Waals surface area (Å²) in [5.74, 6) is -0.469. The minimum atomic E-state index is -0.364. The van der Waals surface area contributed by atoms with E-state index < -0.39 is 0 Å². The van der Waals surface area contributed by atoms with Crippen LogP contribution in [0, 0.1) is 5.82 Å². The quantitative estimate of drug-likeness (QED) is 0.444. The second-order valence-corrected chi connectivity index (χ2v) is 9.17. The van der Waals surface area contributed by atoms with Crippen molar-refractivity contribution in [2.45, 2.75) is 6.54 Å². The maximum absolute atomic E-state index is 13.1. The number of halogens is 2. The number of rotatable bonds is 4. The van der Waals surface area contributed by atoms with Crippen LogP contribution in [0.1, 0.15) is 16.1 Å². The molecular weight excluding hydrogens is 465 g/mol. The molecule has 2 aromatic carbocycles. The molecule has 1 amide bonds. The summed E-state index contributed by atoms with van der Waals surface area (Å²) in [5, 5.41) is 5.67. The Morgan fingerprint density at radius 1 is 1.06 bits per heavy atom. The molecule has 0 radical (unpaired) electrons. The second kappa shape index (κ2) is 9.01. The van der Waals surface area contributed by atoms with E-state index in [1.165, 1.54) is 46.2 Å². The van der Waals surface area contributed by atoms with E-state index in [9.17, 15) is 14.0 Å². The molecule has 0 unspecified atom stereocenters. The number of carbonyl (C=O) groups excluding carboxylic acids is 1. The van der Waals surface area contributed by atoms with E-state index in [4.69, 9.17) is 11.6 Å². The molecule has 168 valence electrons. The molecule has 4 aromatic rings. The minimum absolute atomic E-state index is 0.106. The van der Waals surface area contributed by atoms with Crippen LogP contribution in [0.4, 0.5) is 4.39 Å². The van der Waals surface area contributed by atoms with Gasteiger partial charge in [-0.2, -0.15) is 9.61 Å². The first-order valence-corrected chi connectivity index (χ1v) is 11.6. The Balaban J connectivity index is 1.27. The third-order valence-electron chi connectivity index (χ3n) is 5.51. The molecule has 3 heterocycles. The fourth-order valence-corrected chi connectivity index (χ4v) is 4.90. The van der Waals surface area contributed by atoms with Crippen LogP contribution in [-0.4, -0.2) is 56.5 Å². The van der Waals surface area contributed by atoms with Crippen LogP contribution < -0.4 is 5.56 Å². The minimum Gasteiger partial charge on any atom is -0.336 e. The van der Waals surface area contributed by atoms with Crippen LogP contribution in [0.15, 0.2) is 59.4 Å². The third-order valence-corrected chi connectivity index (χ3v) is 6.70. The monoisotopic (exact) mass is 483 g/mol. The molecule has 5 rings (SSSR count). The molecule has 1 aliphatic rings. The van der Waals surface area contributed by atoms with E-state index in [-0.39, 0.29) is 17.3 Å². The Hall–Kier alpha value is -3.14. The molecule has 10 heteroatoms. The zero-order valence-corrected chi connectivity index (χ0v) is 19.0. The van der Waals surface area contributed by atoms with Crippen LogP contribution in [0.5, 0.6) is 0 Å². The number of benzene rings is 2. The van der Waals surface area contributed by atoms with Crippen molar-refractivity contribution in [3.05, 3.63) is 87.0 Å². The highest BCUT2D eigenvalue weighted by Crippen LogP contribution is 2.26. The Morgan fingerprint density at radius 2 is 1.82 bits per heavy atom. The lowest BCUT2D eigenvalue weighted by molar-refractivity contribution is 0.0627. The van der Waals surface area contributed by atoms with E-state index >= 15 is 0 Å². The normalized spacial score (nSPS) is 14.7. The van der Waals surface area contributed by atoms with Gasteiger partial charge in [-0.05, 0) is 36.4 Å². The van der Waals surface area contributed by atoms with Gasteiger partial charge in [0.05, 0.1) is 5.69 Å². The van der Waals surface area contributed by atoms with Gasteiger partial charge in [0.25, 0.3) is 11.5 Å². The molecule has 0 spiro atoms. The summed E-state index contributed by atoms with van der Waals surface area (Å²) in [6, 6.07) is 14.4. The van der Waals surface area contributed by atoms with Crippen molar-refractivity contribution in [3.63, 3.8) is 0 Å². The molecule has 2 aromatic heterocycles. The highest BCUT2D eigenvalue weighted by Gasteiger charge is 2.23. The molecule has 7 nitrogen and oxygen atoms in total. The van der Waals surface area contributed by atoms with Crippen molar-refractivity contribution in [2.24, 2.45) is 0 Å². The zero-order valence-electron chi connectivity index (χ0n) is 17.4. The summed E-state index contributed by atoms with van der Waals surface area (Å²) >= 11 is 7.41. The van der Waals surface area contributed by atoms with Gasteiger partial charge in [0, 0.05) is 54.9 Å². The lowest BCUT2D eigenvalue weighted by Crippen LogP contribution is -2.48. The number of amides is 1. The van der Waals surface area contributed by atoms with Crippen LogP contribution in [-0.2, 0) is 6.54 Å². The molecule has 0 saturated carbocycles. The SMILES string of the molecule is O=C(c1ccc(F)cc1)N1CCN(Cc2cc(=O)n3nc(-c4cccc(Cl)c4)sc3n2)CC1. The summed E-state index contributed by atoms with van der Waals surface area (Å²) in [6.07, 6.45) is 0. The largest absolute Gasteiger partial charge is 0.336 e. The third kappa shape index (κ3) is 4.66. The Kier molecular flexibility index (Phi) is 5.92. The highest BCUT2D eigenvalue weighted by molar-refractivity contribution is 7.19. The van der Waals surface area contributed by atoms with E-state index in [0.717, 1.165) is 5.56 Å². The molecule has 1 fully saturated rings. The lowest BCUT2D eigenvalue weighted by Gasteiger charge is -2.34. The van der Waals surface area contributed by atoms with Gasteiger partial charge < -0.3 is 4.90 Å². The topological polar surface area (TPSA) is 70.8 Å². The van der Waals surface area contributed by atoms with Gasteiger partial charge in [-0.1, -0.05) is 35.1 Å². The Bertz CT molecular complexity index is 1380. The number of piperazine rings is 1. The number of aromatic nitrogens is 3. The number of hydrogen-bond donors (Lipinski definition) is 0. The number of fused-ring (bicyclic) bond motifs is 1. The maximum Gasteiger partial charge on any atom is 0.275 e. The van der Waals surface area contributed by atoms with Crippen LogP contribution in [0.2, 0.25) is 5.02 Å². The molecule has 0 N–H and O–H groups in total. The molecule has 0 atom stereocenters. The van der Waals surface area contributed by atoms with E-state index in [1.807, 2.05) is 12.1 Å². The molecule has 1 saturated heterocycles. The van der Waals surface area contributed by atoms with Gasteiger partial charge in [-0.25, -0.2) is 9.37 Å². The van der Waals surface area contributed by atoms with E-state index in [1.54, 1.807) is 17.0 Å². The second-order valence-electron chi connectivity index (χ2n) is 7.77. The standard InChI is InChI=1S/C23H19ClFN5O2S/c24-17-3-1-2-16(12-17)21-27-30-20(31)13-19(26-23(30)33-21)14-28-8-10-29(11-9-28)22(32)15-4-6-18(25)7-5-15/h1-7,12-13H,8-11,14H2. The van der Waals surface area contributed by atoms with Crippen molar-refractivity contribution < 1.29 is 9.18 Å². The van der Waals surface area contributed by atoms with Crippen LogP contribution in [0.3, 0.4) is 0 Å². The number of hydrogen-bond acceptors (Lipinski definition) is 6. The van der Waals surface area contributed by atoms with Crippen molar-refractivity contribution in [2.75, 3.05) is 26.2 Å². The van der Waals surface area contributed by atoms with Crippen LogP contribution >= 0.6 is 22.9 Å². The molecule has 0 aliphatic carbocycles. The fourth-order valence-electron chi connectivity index (χ4n) is 3.79. The predicted molar refractivity (Wildman–Crippen MR) is 125 cm³/mol. The number of carbonyl (C=O) groups is 1. The first kappa shape index (κ1) is 21.7. The van der Waals surface area contributed by atoms with Crippen molar-refractivity contribution >= 4 is 33.8 Å². The summed E-state index contributed by atoms with van der Waals surface area (Å²) in [5.41, 5.74) is 1.75. The van der Waals surface area contributed by atoms with Crippen LogP contribution in [0.25, 0.3) is 15.5 Å². The van der Waals surface area contributed by atoms with Gasteiger partial charge >= 0.3 is 0 Å². The molecule has 0 bridgehead atoms. The Morgan fingerprint density at radius 3 is 2.55 bits per heavy atom. The average molecular weight is 484 g/mol. The van der Waals surface area contributed by atoms with Gasteiger partial charge in [-0.15, -0.1) is 0 Å². The first-order chi connectivity index (χ1) is 16.0. The van der Waals surface area contributed by atoms with Gasteiger partial charge in [0.2, 0.25) is 4.96 Å². The molecular formula is C23H19ClFN5O2S. The van der Waals surface area contributed by atoms with E-state index in [2.05, 4.69) is 15.0 Å². The van der Waals surface area contributed by atoms with E-state index in [0.29, 0.717) is 59.0 Å². The summed E-state index contributed by atoms with van der Waals surface area (Å²) in [6.45, 7) is 2.93. The summed E-state index contributed by atoms with van der Waals surface area (Å²) in [4.78, 5) is 34.3. The van der Waals surface area contributed by atoms with Gasteiger partial charge in [0.1, 0.15) is 10.8 Å². The summed E-state index contributed by atoms with van der Waals surface area (Å²) in [7, 11) is 0. The molecule has 1 aliphatic heterocycles. The van der Waals surface area contributed by atoms with Gasteiger partial charge in [-0.3, -0.25) is 14.5 Å². The lowest BCUT2D eigenvalue weighted by atomic mass is 10.1. The summed E-state index contributed by atoms with van der Waals surface area (Å²) < 4.78 is 14.4. The molecule has 33 heavy (non-hydrogen) atoms. The zero-order chi connectivity index (χ0) is 22.9. The predicted octanol–water partition coefficient (Wildman–Crippen LogP) is 3.57. The smallest absolute Gasteiger partial charge is 0.275 e. The maximum atomic E-state index is 13.1. The number of nitrogens with zero attached hydrogens (tertiary/aromatic N) is 5. The van der Waals surface area contributed by atoms with Crippen molar-refractivity contribution in [1.82, 2.24) is 24.4 Å². The fraction of sp³-hybridized carbons (Fsp3) is 0.217. The van der Waals surface area contributed by atoms with Crippen molar-refractivity contribution in [3.8, 4) is 10.6 Å². The van der Waals surface area contributed by atoms with Gasteiger partial charge in [0.15, 0.2) is 0 Å². The average Bonchev–Trinajstić information content (AvgIpc) is 3.25. The highest BCUT2D eigenvalue weighted by atomic mass is 35.5. The van der Waals surface area contributed by atoms with Crippen molar-refractivity contribution in [1.29, 1.82) is 0 Å². The first-order valence-electron chi connectivity index (χ1n) is 10.4.